The fourth-order valence-electron chi connectivity index (χ4n) is 2.58. The molecular formula is C17H21N2O3+. The summed E-state index contributed by atoms with van der Waals surface area (Å²) < 4.78 is 10.6. The molecule has 1 aliphatic heterocycles. The van der Waals surface area contributed by atoms with E-state index >= 15 is 0 Å². The molecule has 0 unspecified atom stereocenters. The molecule has 1 aromatic heterocycles. The molecule has 116 valence electrons. The lowest BCUT2D eigenvalue weighted by Crippen LogP contribution is -3.12. The van der Waals surface area contributed by atoms with Crippen molar-refractivity contribution >= 4 is 5.91 Å². The highest BCUT2D eigenvalue weighted by Gasteiger charge is 2.14. The number of furan rings is 1. The first kappa shape index (κ1) is 14.8. The van der Waals surface area contributed by atoms with Crippen LogP contribution in [0.3, 0.4) is 0 Å². The Balaban J connectivity index is 1.52. The van der Waals surface area contributed by atoms with Crippen LogP contribution in [0.25, 0.3) is 0 Å². The van der Waals surface area contributed by atoms with Gasteiger partial charge >= 0.3 is 0 Å². The highest BCUT2D eigenvalue weighted by molar-refractivity contribution is 5.94. The second-order valence-corrected chi connectivity index (χ2v) is 5.50. The standard InChI is InChI=1S/C17H20N2O3/c20-17(18-12-16-2-1-9-22-16)15-5-3-14(4-6-15)13-19-7-10-21-11-8-19/h1-6,9H,7-8,10-13H2,(H,18,20)/p+1. The molecule has 22 heavy (non-hydrogen) atoms. The molecule has 5 nitrogen and oxygen atoms in total. The molecule has 2 aromatic rings. The van der Waals surface area contributed by atoms with Gasteiger partial charge in [0.25, 0.3) is 5.91 Å². The second-order valence-electron chi connectivity index (χ2n) is 5.50. The summed E-state index contributed by atoms with van der Waals surface area (Å²) in [6.07, 6.45) is 1.60. The molecular weight excluding hydrogens is 280 g/mol. The molecule has 2 N–H and O–H groups in total. The predicted molar refractivity (Wildman–Crippen MR) is 81.5 cm³/mol. The van der Waals surface area contributed by atoms with Crippen LogP contribution in [-0.4, -0.2) is 32.2 Å². The van der Waals surface area contributed by atoms with Crippen LogP contribution in [0.1, 0.15) is 21.7 Å². The molecule has 0 radical (unpaired) electrons. The highest BCUT2D eigenvalue weighted by atomic mass is 16.5. The Labute approximate surface area is 129 Å². The number of ether oxygens (including phenoxy) is 1. The maximum Gasteiger partial charge on any atom is 0.251 e. The van der Waals surface area contributed by atoms with Gasteiger partial charge in [0.2, 0.25) is 0 Å². The van der Waals surface area contributed by atoms with Crippen LogP contribution in [0.5, 0.6) is 0 Å². The molecule has 1 saturated heterocycles. The largest absolute Gasteiger partial charge is 0.467 e. The van der Waals surface area contributed by atoms with Gasteiger partial charge < -0.3 is 19.4 Å². The average Bonchev–Trinajstić information content (AvgIpc) is 3.08. The normalized spacial score (nSPS) is 15.6. The van der Waals surface area contributed by atoms with E-state index in [9.17, 15) is 4.79 Å². The molecule has 1 aromatic carbocycles. The molecule has 1 aliphatic rings. The lowest BCUT2D eigenvalue weighted by Gasteiger charge is -2.23. The fraction of sp³-hybridized carbons (Fsp3) is 0.353. The molecule has 0 spiro atoms. The van der Waals surface area contributed by atoms with Crippen molar-refractivity contribution in [2.75, 3.05) is 26.3 Å². The van der Waals surface area contributed by atoms with E-state index < -0.39 is 0 Å². The molecule has 0 saturated carbocycles. The summed E-state index contributed by atoms with van der Waals surface area (Å²) in [5.41, 5.74) is 1.92. The van der Waals surface area contributed by atoms with Gasteiger partial charge in [-0.15, -0.1) is 0 Å². The minimum atomic E-state index is -0.0818. The topological polar surface area (TPSA) is 55.9 Å². The number of morpholine rings is 1. The molecule has 1 fully saturated rings. The monoisotopic (exact) mass is 301 g/mol. The van der Waals surface area contributed by atoms with Crippen molar-refractivity contribution in [3.8, 4) is 0 Å². The summed E-state index contributed by atoms with van der Waals surface area (Å²) in [6, 6.07) is 11.5. The number of carbonyl (C=O) groups excluding carboxylic acids is 1. The molecule has 3 rings (SSSR count). The average molecular weight is 301 g/mol. The van der Waals surface area contributed by atoms with Crippen molar-refractivity contribution < 1.29 is 18.8 Å². The number of rotatable bonds is 5. The number of hydrogen-bond acceptors (Lipinski definition) is 3. The van der Waals surface area contributed by atoms with E-state index in [1.165, 1.54) is 10.5 Å². The van der Waals surface area contributed by atoms with Gasteiger partial charge in [-0.05, 0) is 24.3 Å². The van der Waals surface area contributed by atoms with Gasteiger partial charge in [0, 0.05) is 11.1 Å². The predicted octanol–water partition coefficient (Wildman–Crippen LogP) is 0.625. The maximum absolute atomic E-state index is 12.1. The Morgan fingerprint density at radius 1 is 1.14 bits per heavy atom. The Morgan fingerprint density at radius 2 is 1.91 bits per heavy atom. The zero-order valence-corrected chi connectivity index (χ0v) is 12.5. The van der Waals surface area contributed by atoms with E-state index in [0.29, 0.717) is 12.1 Å². The Hall–Kier alpha value is -2.11. The molecule has 0 atom stereocenters. The quantitative estimate of drug-likeness (QED) is 0.851. The smallest absolute Gasteiger partial charge is 0.251 e. The lowest BCUT2D eigenvalue weighted by molar-refractivity contribution is -0.921. The van der Waals surface area contributed by atoms with Crippen LogP contribution in [0.15, 0.2) is 47.1 Å². The van der Waals surface area contributed by atoms with Crippen molar-refractivity contribution in [1.29, 1.82) is 0 Å². The van der Waals surface area contributed by atoms with E-state index in [4.69, 9.17) is 9.15 Å². The first-order valence-electron chi connectivity index (χ1n) is 7.62. The zero-order chi connectivity index (χ0) is 15.2. The summed E-state index contributed by atoms with van der Waals surface area (Å²) in [5, 5.41) is 2.85. The minimum absolute atomic E-state index is 0.0818. The van der Waals surface area contributed by atoms with Crippen molar-refractivity contribution in [2.24, 2.45) is 0 Å². The van der Waals surface area contributed by atoms with Crippen LogP contribution in [0.4, 0.5) is 0 Å². The number of hydrogen-bond donors (Lipinski definition) is 2. The van der Waals surface area contributed by atoms with E-state index in [2.05, 4.69) is 5.32 Å². The first-order valence-corrected chi connectivity index (χ1v) is 7.62. The van der Waals surface area contributed by atoms with Crippen LogP contribution < -0.4 is 10.2 Å². The number of carbonyl (C=O) groups is 1. The van der Waals surface area contributed by atoms with Crippen LogP contribution in [0.2, 0.25) is 0 Å². The van der Waals surface area contributed by atoms with E-state index in [1.807, 2.05) is 36.4 Å². The van der Waals surface area contributed by atoms with Crippen molar-refractivity contribution in [3.63, 3.8) is 0 Å². The summed E-state index contributed by atoms with van der Waals surface area (Å²) in [5.74, 6) is 0.669. The van der Waals surface area contributed by atoms with Crippen LogP contribution >= 0.6 is 0 Å². The van der Waals surface area contributed by atoms with Gasteiger partial charge in [-0.1, -0.05) is 12.1 Å². The molecule has 2 heterocycles. The molecule has 0 bridgehead atoms. The number of nitrogens with one attached hydrogen (secondary N) is 2. The summed E-state index contributed by atoms with van der Waals surface area (Å²) in [6.45, 7) is 5.16. The highest BCUT2D eigenvalue weighted by Crippen LogP contribution is 2.05. The van der Waals surface area contributed by atoms with Crippen molar-refractivity contribution in [2.45, 2.75) is 13.1 Å². The zero-order valence-electron chi connectivity index (χ0n) is 12.5. The molecule has 5 heteroatoms. The Morgan fingerprint density at radius 3 is 2.59 bits per heavy atom. The Bertz CT molecular complexity index is 587. The van der Waals surface area contributed by atoms with Gasteiger partial charge in [-0.2, -0.15) is 0 Å². The third kappa shape index (κ3) is 3.96. The van der Waals surface area contributed by atoms with Gasteiger partial charge in [-0.25, -0.2) is 0 Å². The maximum atomic E-state index is 12.1. The fourth-order valence-corrected chi connectivity index (χ4v) is 2.58. The van der Waals surface area contributed by atoms with Gasteiger partial charge in [0.15, 0.2) is 0 Å². The van der Waals surface area contributed by atoms with E-state index in [0.717, 1.165) is 38.6 Å². The number of quaternary nitrogens is 1. The minimum Gasteiger partial charge on any atom is -0.467 e. The number of amides is 1. The van der Waals surface area contributed by atoms with Crippen LogP contribution in [0, 0.1) is 0 Å². The Kier molecular flexibility index (Phi) is 4.88. The van der Waals surface area contributed by atoms with Crippen LogP contribution in [-0.2, 0) is 17.8 Å². The van der Waals surface area contributed by atoms with Gasteiger partial charge in [-0.3, -0.25) is 4.79 Å². The van der Waals surface area contributed by atoms with E-state index in [1.54, 1.807) is 6.26 Å². The molecule has 1 amide bonds. The lowest BCUT2D eigenvalue weighted by atomic mass is 10.1. The van der Waals surface area contributed by atoms with E-state index in [-0.39, 0.29) is 5.91 Å². The first-order chi connectivity index (χ1) is 10.8. The van der Waals surface area contributed by atoms with Crippen molar-refractivity contribution in [1.82, 2.24) is 5.32 Å². The van der Waals surface area contributed by atoms with Crippen molar-refractivity contribution in [3.05, 3.63) is 59.5 Å². The third-order valence-electron chi connectivity index (χ3n) is 3.87. The SMILES string of the molecule is O=C(NCc1ccco1)c1ccc(C[NH+]2CCOCC2)cc1. The van der Waals surface area contributed by atoms with Gasteiger partial charge in [0.05, 0.1) is 26.0 Å². The summed E-state index contributed by atoms with van der Waals surface area (Å²) in [7, 11) is 0. The second kappa shape index (κ2) is 7.24. The summed E-state index contributed by atoms with van der Waals surface area (Å²) >= 11 is 0. The molecule has 0 aliphatic carbocycles. The van der Waals surface area contributed by atoms with Gasteiger partial charge in [0.1, 0.15) is 25.4 Å². The number of benzene rings is 1. The summed E-state index contributed by atoms with van der Waals surface area (Å²) in [4.78, 5) is 13.6. The third-order valence-corrected chi connectivity index (χ3v) is 3.87.